The standard InChI is InChI=1S/C18H19Cl2N3O2/c1-21-18(25)12-6-8-14(9-7-12)22-16(24)11-23(2)10-13-4-3-5-15(19)17(13)20/h3-9H,10-11H2,1-2H3,(H,21,25)(H,22,24). The van der Waals surface area contributed by atoms with E-state index in [1.807, 2.05) is 24.1 Å². The summed E-state index contributed by atoms with van der Waals surface area (Å²) < 4.78 is 0. The number of halogens is 2. The number of amides is 2. The van der Waals surface area contributed by atoms with Crippen LogP contribution >= 0.6 is 23.2 Å². The van der Waals surface area contributed by atoms with Crippen LogP contribution in [0.5, 0.6) is 0 Å². The summed E-state index contributed by atoms with van der Waals surface area (Å²) in [7, 11) is 3.39. The Labute approximate surface area is 156 Å². The normalized spacial score (nSPS) is 10.6. The van der Waals surface area contributed by atoms with Gasteiger partial charge in [0.05, 0.1) is 16.6 Å². The van der Waals surface area contributed by atoms with Crippen molar-refractivity contribution in [2.45, 2.75) is 6.54 Å². The summed E-state index contributed by atoms with van der Waals surface area (Å²) in [6.07, 6.45) is 0. The molecule has 25 heavy (non-hydrogen) atoms. The molecule has 0 atom stereocenters. The molecule has 0 saturated heterocycles. The third kappa shape index (κ3) is 5.46. The molecule has 0 spiro atoms. The van der Waals surface area contributed by atoms with E-state index >= 15 is 0 Å². The molecule has 0 aliphatic heterocycles. The van der Waals surface area contributed by atoms with Crippen LogP contribution in [-0.2, 0) is 11.3 Å². The molecule has 2 aromatic carbocycles. The van der Waals surface area contributed by atoms with Crippen LogP contribution < -0.4 is 10.6 Å². The third-order valence-corrected chi connectivity index (χ3v) is 4.40. The molecule has 0 saturated carbocycles. The number of nitrogens with one attached hydrogen (secondary N) is 2. The van der Waals surface area contributed by atoms with E-state index in [1.54, 1.807) is 37.4 Å². The van der Waals surface area contributed by atoms with E-state index in [0.717, 1.165) is 5.56 Å². The molecule has 2 amide bonds. The lowest BCUT2D eigenvalue weighted by atomic mass is 10.2. The number of rotatable bonds is 6. The molecule has 132 valence electrons. The van der Waals surface area contributed by atoms with Crippen LogP contribution in [0.1, 0.15) is 15.9 Å². The highest BCUT2D eigenvalue weighted by Gasteiger charge is 2.11. The number of anilines is 1. The zero-order chi connectivity index (χ0) is 18.4. The second-order valence-electron chi connectivity index (χ2n) is 5.59. The number of carbonyl (C=O) groups excluding carboxylic acids is 2. The molecule has 2 N–H and O–H groups in total. The summed E-state index contributed by atoms with van der Waals surface area (Å²) >= 11 is 12.2. The second-order valence-corrected chi connectivity index (χ2v) is 6.38. The first-order valence-corrected chi connectivity index (χ1v) is 8.39. The van der Waals surface area contributed by atoms with E-state index in [4.69, 9.17) is 23.2 Å². The molecule has 0 bridgehead atoms. The van der Waals surface area contributed by atoms with E-state index in [9.17, 15) is 9.59 Å². The first kappa shape index (κ1) is 19.2. The van der Waals surface area contributed by atoms with Crippen LogP contribution in [0.4, 0.5) is 5.69 Å². The van der Waals surface area contributed by atoms with Crippen molar-refractivity contribution in [3.05, 3.63) is 63.6 Å². The summed E-state index contributed by atoms with van der Waals surface area (Å²) in [5.41, 5.74) is 2.03. The molecular formula is C18H19Cl2N3O2. The van der Waals surface area contributed by atoms with Gasteiger partial charge in [-0.2, -0.15) is 0 Å². The molecule has 2 rings (SSSR count). The van der Waals surface area contributed by atoms with Crippen LogP contribution in [0.2, 0.25) is 10.0 Å². The number of nitrogens with zero attached hydrogens (tertiary/aromatic N) is 1. The Bertz CT molecular complexity index is 763. The summed E-state index contributed by atoms with van der Waals surface area (Å²) in [4.78, 5) is 25.5. The van der Waals surface area contributed by atoms with Crippen molar-refractivity contribution in [3.63, 3.8) is 0 Å². The van der Waals surface area contributed by atoms with Crippen molar-refractivity contribution in [2.75, 3.05) is 26.0 Å². The molecule has 5 nitrogen and oxygen atoms in total. The fraction of sp³-hybridized carbons (Fsp3) is 0.222. The maximum absolute atomic E-state index is 12.1. The summed E-state index contributed by atoms with van der Waals surface area (Å²) in [5, 5.41) is 6.34. The van der Waals surface area contributed by atoms with Gasteiger partial charge in [0, 0.05) is 24.8 Å². The predicted octanol–water partition coefficient (Wildman–Crippen LogP) is 3.42. The van der Waals surface area contributed by atoms with Gasteiger partial charge in [-0.1, -0.05) is 35.3 Å². The minimum absolute atomic E-state index is 0.159. The number of carbonyl (C=O) groups is 2. The Balaban J connectivity index is 1.91. The lowest BCUT2D eigenvalue weighted by molar-refractivity contribution is -0.117. The minimum atomic E-state index is -0.170. The minimum Gasteiger partial charge on any atom is -0.355 e. The molecule has 2 aromatic rings. The lowest BCUT2D eigenvalue weighted by Gasteiger charge is -2.17. The summed E-state index contributed by atoms with van der Waals surface area (Å²) in [6, 6.07) is 12.1. The van der Waals surface area contributed by atoms with Gasteiger partial charge in [0.2, 0.25) is 5.91 Å². The van der Waals surface area contributed by atoms with Crippen LogP contribution in [0.3, 0.4) is 0 Å². The van der Waals surface area contributed by atoms with E-state index in [1.165, 1.54) is 0 Å². The molecule has 7 heteroatoms. The number of benzene rings is 2. The zero-order valence-corrected chi connectivity index (χ0v) is 15.5. The van der Waals surface area contributed by atoms with E-state index < -0.39 is 0 Å². The number of hydrogen-bond donors (Lipinski definition) is 2. The fourth-order valence-corrected chi connectivity index (χ4v) is 2.69. The number of likely N-dealkylation sites (N-methyl/N-ethyl adjacent to an activating group) is 1. The Morgan fingerprint density at radius 3 is 2.40 bits per heavy atom. The highest BCUT2D eigenvalue weighted by Crippen LogP contribution is 2.26. The van der Waals surface area contributed by atoms with Gasteiger partial charge >= 0.3 is 0 Å². The van der Waals surface area contributed by atoms with Gasteiger partial charge in [-0.05, 0) is 42.9 Å². The van der Waals surface area contributed by atoms with Crippen molar-refractivity contribution < 1.29 is 9.59 Å². The topological polar surface area (TPSA) is 61.4 Å². The molecule has 0 radical (unpaired) electrons. The van der Waals surface area contributed by atoms with Crippen molar-refractivity contribution in [1.82, 2.24) is 10.2 Å². The first-order chi connectivity index (χ1) is 11.9. The van der Waals surface area contributed by atoms with Gasteiger partial charge in [0.15, 0.2) is 0 Å². The fourth-order valence-electron chi connectivity index (χ4n) is 2.31. The lowest BCUT2D eigenvalue weighted by Crippen LogP contribution is -2.30. The Kier molecular flexibility index (Phi) is 6.82. The van der Waals surface area contributed by atoms with Gasteiger partial charge in [-0.25, -0.2) is 0 Å². The smallest absolute Gasteiger partial charge is 0.251 e. The van der Waals surface area contributed by atoms with Crippen LogP contribution in [-0.4, -0.2) is 37.4 Å². The van der Waals surface area contributed by atoms with E-state index in [-0.39, 0.29) is 18.4 Å². The number of hydrogen-bond acceptors (Lipinski definition) is 3. The van der Waals surface area contributed by atoms with Gasteiger partial charge in [0.25, 0.3) is 5.91 Å². The SMILES string of the molecule is CNC(=O)c1ccc(NC(=O)CN(C)Cc2cccc(Cl)c2Cl)cc1. The average Bonchev–Trinajstić information content (AvgIpc) is 2.58. The maximum Gasteiger partial charge on any atom is 0.251 e. The molecule has 0 aromatic heterocycles. The first-order valence-electron chi connectivity index (χ1n) is 7.64. The Hall–Kier alpha value is -2.08. The largest absolute Gasteiger partial charge is 0.355 e. The molecule has 0 aliphatic rings. The van der Waals surface area contributed by atoms with E-state index in [2.05, 4.69) is 10.6 Å². The Morgan fingerprint density at radius 1 is 1.08 bits per heavy atom. The van der Waals surface area contributed by atoms with Crippen molar-refractivity contribution in [2.24, 2.45) is 0 Å². The van der Waals surface area contributed by atoms with Gasteiger partial charge < -0.3 is 10.6 Å². The van der Waals surface area contributed by atoms with Crippen molar-refractivity contribution >= 4 is 40.7 Å². The Morgan fingerprint density at radius 2 is 1.76 bits per heavy atom. The zero-order valence-electron chi connectivity index (χ0n) is 14.0. The summed E-state index contributed by atoms with van der Waals surface area (Å²) in [6.45, 7) is 0.697. The molecule has 0 aliphatic carbocycles. The van der Waals surface area contributed by atoms with Crippen LogP contribution in [0, 0.1) is 0 Å². The second kappa shape index (κ2) is 8.85. The predicted molar refractivity (Wildman–Crippen MR) is 101 cm³/mol. The molecule has 0 heterocycles. The highest BCUT2D eigenvalue weighted by molar-refractivity contribution is 6.42. The quantitative estimate of drug-likeness (QED) is 0.807. The highest BCUT2D eigenvalue weighted by atomic mass is 35.5. The van der Waals surface area contributed by atoms with Crippen molar-refractivity contribution in [1.29, 1.82) is 0 Å². The van der Waals surface area contributed by atoms with Gasteiger partial charge in [0.1, 0.15) is 0 Å². The molecule has 0 fully saturated rings. The van der Waals surface area contributed by atoms with Gasteiger partial charge in [-0.3, -0.25) is 14.5 Å². The van der Waals surface area contributed by atoms with Crippen LogP contribution in [0.25, 0.3) is 0 Å². The maximum atomic E-state index is 12.1. The monoisotopic (exact) mass is 379 g/mol. The van der Waals surface area contributed by atoms with E-state index in [0.29, 0.717) is 27.8 Å². The summed E-state index contributed by atoms with van der Waals surface area (Å²) in [5.74, 6) is -0.329. The molecular weight excluding hydrogens is 361 g/mol. The van der Waals surface area contributed by atoms with Crippen LogP contribution in [0.15, 0.2) is 42.5 Å². The molecule has 0 unspecified atom stereocenters. The third-order valence-electron chi connectivity index (χ3n) is 3.54. The average molecular weight is 380 g/mol. The van der Waals surface area contributed by atoms with Gasteiger partial charge in [-0.15, -0.1) is 0 Å². The van der Waals surface area contributed by atoms with Crippen molar-refractivity contribution in [3.8, 4) is 0 Å².